The molecule has 1 N–H and O–H groups in total. The lowest BCUT2D eigenvalue weighted by molar-refractivity contribution is 0.0940. The zero-order chi connectivity index (χ0) is 21.0. The largest absolute Gasteiger partial charge is 0.496 e. The molecule has 2 aromatic carbocycles. The van der Waals surface area contributed by atoms with Crippen LogP contribution in [-0.4, -0.2) is 36.8 Å². The lowest BCUT2D eigenvalue weighted by Gasteiger charge is -2.22. The van der Waals surface area contributed by atoms with Crippen LogP contribution in [0.4, 0.5) is 0 Å². The van der Waals surface area contributed by atoms with E-state index in [0.717, 1.165) is 11.1 Å². The van der Waals surface area contributed by atoms with Gasteiger partial charge in [-0.2, -0.15) is 0 Å². The fraction of sp³-hybridized carbons (Fsp3) is 0.273. The van der Waals surface area contributed by atoms with Crippen molar-refractivity contribution in [1.82, 2.24) is 14.9 Å². The number of amides is 1. The number of nitrogens with zero attached hydrogens (tertiary/aromatic N) is 2. The average Bonchev–Trinajstić information content (AvgIpc) is 3.17. The number of carbonyl (C=O) groups excluding carboxylic acids is 1. The van der Waals surface area contributed by atoms with Gasteiger partial charge in [0.1, 0.15) is 29.1 Å². The average molecular weight is 395 g/mol. The van der Waals surface area contributed by atoms with E-state index in [1.807, 2.05) is 49.0 Å². The maximum absolute atomic E-state index is 13.2. The van der Waals surface area contributed by atoms with E-state index in [9.17, 15) is 4.79 Å². The van der Waals surface area contributed by atoms with E-state index in [1.54, 1.807) is 39.7 Å². The van der Waals surface area contributed by atoms with Crippen LogP contribution in [0.3, 0.4) is 0 Å². The molecule has 3 aromatic rings. The Morgan fingerprint density at radius 1 is 1.03 bits per heavy atom. The van der Waals surface area contributed by atoms with Gasteiger partial charge >= 0.3 is 0 Å². The number of rotatable bonds is 7. The normalized spacial score (nSPS) is 11.6. The molecule has 0 bridgehead atoms. The van der Waals surface area contributed by atoms with Crippen molar-refractivity contribution < 1.29 is 19.0 Å². The van der Waals surface area contributed by atoms with Crippen LogP contribution >= 0.6 is 0 Å². The molecule has 0 fully saturated rings. The molecule has 1 unspecified atom stereocenters. The molecule has 29 heavy (non-hydrogen) atoms. The molecule has 7 nitrogen and oxygen atoms in total. The van der Waals surface area contributed by atoms with Crippen LogP contribution in [0.5, 0.6) is 17.2 Å². The maximum atomic E-state index is 13.2. The standard InChI is InChI=1S/C22H25N3O4/c1-14-18(28-4)12-15(13-19(14)29-5)22(26)24-20(21-23-10-11-25(21)2)16-8-6-7-9-17(16)27-3/h6-13,20H,1-5H3,(H,24,26). The van der Waals surface area contributed by atoms with E-state index in [-0.39, 0.29) is 5.91 Å². The zero-order valence-corrected chi connectivity index (χ0v) is 17.2. The number of methoxy groups -OCH3 is 3. The van der Waals surface area contributed by atoms with Gasteiger partial charge in [-0.25, -0.2) is 4.98 Å². The summed E-state index contributed by atoms with van der Waals surface area (Å²) < 4.78 is 18.2. The van der Waals surface area contributed by atoms with E-state index in [0.29, 0.717) is 28.6 Å². The van der Waals surface area contributed by atoms with Gasteiger partial charge in [-0.3, -0.25) is 4.79 Å². The molecule has 0 aliphatic heterocycles. The van der Waals surface area contributed by atoms with E-state index < -0.39 is 6.04 Å². The van der Waals surface area contributed by atoms with Crippen molar-refractivity contribution in [3.05, 3.63) is 71.3 Å². The zero-order valence-electron chi connectivity index (χ0n) is 17.2. The second-order valence-electron chi connectivity index (χ2n) is 6.55. The second kappa shape index (κ2) is 8.68. The maximum Gasteiger partial charge on any atom is 0.252 e. The van der Waals surface area contributed by atoms with Crippen LogP contribution in [0.1, 0.15) is 33.4 Å². The summed E-state index contributed by atoms with van der Waals surface area (Å²) in [4.78, 5) is 17.6. The number of nitrogens with one attached hydrogen (secondary N) is 1. The van der Waals surface area contributed by atoms with Crippen LogP contribution in [-0.2, 0) is 7.05 Å². The van der Waals surface area contributed by atoms with Gasteiger partial charge in [0.05, 0.1) is 21.3 Å². The summed E-state index contributed by atoms with van der Waals surface area (Å²) in [6.07, 6.45) is 3.53. The van der Waals surface area contributed by atoms with Crippen LogP contribution in [0.2, 0.25) is 0 Å². The molecule has 0 saturated carbocycles. The third-order valence-corrected chi connectivity index (χ3v) is 4.86. The summed E-state index contributed by atoms with van der Waals surface area (Å²) in [6.45, 7) is 1.88. The predicted molar refractivity (Wildman–Crippen MR) is 110 cm³/mol. The topological polar surface area (TPSA) is 74.6 Å². The fourth-order valence-electron chi connectivity index (χ4n) is 3.27. The van der Waals surface area contributed by atoms with Gasteiger partial charge in [0.15, 0.2) is 0 Å². The van der Waals surface area contributed by atoms with E-state index in [1.165, 1.54) is 0 Å². The Hall–Kier alpha value is -3.48. The summed E-state index contributed by atoms with van der Waals surface area (Å²) in [5.41, 5.74) is 2.07. The molecule has 1 amide bonds. The number of aryl methyl sites for hydroxylation is 1. The second-order valence-corrected chi connectivity index (χ2v) is 6.55. The Morgan fingerprint density at radius 2 is 1.66 bits per heavy atom. The van der Waals surface area contributed by atoms with Crippen molar-refractivity contribution in [2.75, 3.05) is 21.3 Å². The quantitative estimate of drug-likeness (QED) is 0.665. The fourth-order valence-corrected chi connectivity index (χ4v) is 3.27. The van der Waals surface area contributed by atoms with Crippen molar-refractivity contribution in [3.8, 4) is 17.2 Å². The van der Waals surface area contributed by atoms with Crippen molar-refractivity contribution in [2.45, 2.75) is 13.0 Å². The molecule has 1 heterocycles. The minimum atomic E-state index is -0.503. The van der Waals surface area contributed by atoms with E-state index in [4.69, 9.17) is 14.2 Å². The van der Waals surface area contributed by atoms with E-state index >= 15 is 0 Å². The molecule has 152 valence electrons. The van der Waals surface area contributed by atoms with Crippen LogP contribution in [0, 0.1) is 6.92 Å². The number of hydrogen-bond acceptors (Lipinski definition) is 5. The van der Waals surface area contributed by atoms with Gasteiger partial charge in [-0.1, -0.05) is 18.2 Å². The first-order chi connectivity index (χ1) is 14.0. The monoisotopic (exact) mass is 395 g/mol. The summed E-state index contributed by atoms with van der Waals surface area (Å²) in [5, 5.41) is 3.08. The van der Waals surface area contributed by atoms with Crippen molar-refractivity contribution in [1.29, 1.82) is 0 Å². The van der Waals surface area contributed by atoms with Gasteiger partial charge in [0, 0.05) is 36.1 Å². The molecule has 0 radical (unpaired) electrons. The number of ether oxygens (including phenoxy) is 3. The Labute approximate surface area is 170 Å². The first kappa shape index (κ1) is 20.3. The molecule has 0 spiro atoms. The van der Waals surface area contributed by atoms with Gasteiger partial charge in [0.2, 0.25) is 0 Å². The number of para-hydroxylation sites is 1. The molecule has 0 aliphatic rings. The van der Waals surface area contributed by atoms with Gasteiger partial charge in [0.25, 0.3) is 5.91 Å². The summed E-state index contributed by atoms with van der Waals surface area (Å²) in [6, 6.07) is 10.4. The Bertz CT molecular complexity index is 988. The Balaban J connectivity index is 2.03. The van der Waals surface area contributed by atoms with Crippen molar-refractivity contribution >= 4 is 5.91 Å². The SMILES string of the molecule is COc1ccccc1C(NC(=O)c1cc(OC)c(C)c(OC)c1)c1nccn1C. The third-order valence-electron chi connectivity index (χ3n) is 4.86. The number of carbonyl (C=O) groups is 1. The van der Waals surface area contributed by atoms with Crippen LogP contribution < -0.4 is 19.5 Å². The molecule has 1 atom stereocenters. The highest BCUT2D eigenvalue weighted by Gasteiger charge is 2.25. The minimum Gasteiger partial charge on any atom is -0.496 e. The highest BCUT2D eigenvalue weighted by molar-refractivity contribution is 5.95. The molecule has 0 aliphatic carbocycles. The lowest BCUT2D eigenvalue weighted by Crippen LogP contribution is -2.31. The highest BCUT2D eigenvalue weighted by atomic mass is 16.5. The van der Waals surface area contributed by atoms with E-state index in [2.05, 4.69) is 10.3 Å². The predicted octanol–water partition coefficient (Wildman–Crippen LogP) is 3.27. The smallest absolute Gasteiger partial charge is 0.252 e. The lowest BCUT2D eigenvalue weighted by atomic mass is 10.0. The van der Waals surface area contributed by atoms with Gasteiger partial charge < -0.3 is 24.1 Å². The van der Waals surface area contributed by atoms with Gasteiger partial charge in [-0.05, 0) is 25.1 Å². The molecular formula is C22H25N3O4. The summed E-state index contributed by atoms with van der Waals surface area (Å²) in [7, 11) is 6.62. The number of imidazole rings is 1. The third kappa shape index (κ3) is 4.03. The van der Waals surface area contributed by atoms with Crippen molar-refractivity contribution in [2.24, 2.45) is 7.05 Å². The Kier molecular flexibility index (Phi) is 6.07. The Morgan fingerprint density at radius 3 is 2.21 bits per heavy atom. The molecule has 1 aromatic heterocycles. The highest BCUT2D eigenvalue weighted by Crippen LogP contribution is 2.32. The summed E-state index contributed by atoms with van der Waals surface area (Å²) in [5.74, 6) is 2.25. The number of aromatic nitrogens is 2. The molecule has 0 saturated heterocycles. The van der Waals surface area contributed by atoms with Crippen LogP contribution in [0.25, 0.3) is 0 Å². The molecule has 3 rings (SSSR count). The summed E-state index contributed by atoms with van der Waals surface area (Å²) >= 11 is 0. The number of benzene rings is 2. The first-order valence-corrected chi connectivity index (χ1v) is 9.13. The molecular weight excluding hydrogens is 370 g/mol. The van der Waals surface area contributed by atoms with Crippen molar-refractivity contribution in [3.63, 3.8) is 0 Å². The molecule has 7 heteroatoms. The van der Waals surface area contributed by atoms with Gasteiger partial charge in [-0.15, -0.1) is 0 Å². The van der Waals surface area contributed by atoms with Crippen LogP contribution in [0.15, 0.2) is 48.8 Å². The number of hydrogen-bond donors (Lipinski definition) is 1. The minimum absolute atomic E-state index is 0.277. The first-order valence-electron chi connectivity index (χ1n) is 9.13.